The van der Waals surface area contributed by atoms with Crippen molar-refractivity contribution in [1.29, 1.82) is 0 Å². The maximum atomic E-state index is 5.01. The van der Waals surface area contributed by atoms with Crippen molar-refractivity contribution in [3.05, 3.63) is 231 Å². The van der Waals surface area contributed by atoms with Crippen LogP contribution in [0.2, 0.25) is 0 Å². The molecule has 11 aromatic rings. The first-order valence-electron chi connectivity index (χ1n) is 22.3. The van der Waals surface area contributed by atoms with Crippen LogP contribution in [0.4, 0.5) is 11.4 Å². The monoisotopic (exact) mass is 857 g/mol. The standard InChI is InChI=1S/C60H39N7/c1-5-17-39(18-6-1)55-62-56(40-19-7-2-8-20-40)65-59(64-55)47-27-15-25-43(35-47)45-31-33-53-51(37-45)49-29-13-14-30-50(49)52-38-46(32-34-54(52)61-53)44-26-16-28-48(36-44)60-66-57(41-21-9-3-10-22-41)63-58(67-60)42-23-11-4-12-24-42/h1-38,61H. The largest absolute Gasteiger partial charge is 0.355 e. The van der Waals surface area contributed by atoms with Crippen LogP contribution in [0, 0.1) is 0 Å². The number of nitrogens with zero attached hydrogens (tertiary/aromatic N) is 6. The minimum atomic E-state index is 0.621. The van der Waals surface area contributed by atoms with Crippen LogP contribution >= 0.6 is 0 Å². The molecule has 7 heteroatoms. The number of hydrogen-bond donors (Lipinski definition) is 1. The summed E-state index contributed by atoms with van der Waals surface area (Å²) in [6.07, 6.45) is 0. The Labute approximate surface area is 388 Å². The van der Waals surface area contributed by atoms with Crippen LogP contribution in [0.1, 0.15) is 0 Å². The van der Waals surface area contributed by atoms with E-state index in [0.29, 0.717) is 34.9 Å². The Bertz CT molecular complexity index is 3240. The topological polar surface area (TPSA) is 89.4 Å². The van der Waals surface area contributed by atoms with Gasteiger partial charge in [-0.15, -0.1) is 0 Å². The Morgan fingerprint density at radius 1 is 0.194 bits per heavy atom. The second-order valence-electron chi connectivity index (χ2n) is 16.4. The van der Waals surface area contributed by atoms with Gasteiger partial charge in [0.2, 0.25) is 0 Å². The number of fused-ring (bicyclic) bond motifs is 5. The van der Waals surface area contributed by atoms with Gasteiger partial charge in [-0.1, -0.05) is 194 Å². The molecular formula is C60H39N7. The molecule has 2 aromatic heterocycles. The van der Waals surface area contributed by atoms with Gasteiger partial charge in [0.25, 0.3) is 0 Å². The summed E-state index contributed by atoms with van der Waals surface area (Å²) in [5.41, 5.74) is 16.5. The summed E-state index contributed by atoms with van der Waals surface area (Å²) in [6.45, 7) is 0. The lowest BCUT2D eigenvalue weighted by atomic mass is 9.91. The third kappa shape index (κ3) is 7.81. The molecule has 9 aromatic carbocycles. The maximum Gasteiger partial charge on any atom is 0.164 e. The van der Waals surface area contributed by atoms with Gasteiger partial charge in [0.1, 0.15) is 0 Å². The summed E-state index contributed by atoms with van der Waals surface area (Å²) in [5, 5.41) is 3.81. The first kappa shape index (κ1) is 39.4. The zero-order valence-electron chi connectivity index (χ0n) is 36.1. The molecule has 12 rings (SSSR count). The van der Waals surface area contributed by atoms with Gasteiger partial charge in [0.05, 0.1) is 0 Å². The molecule has 0 saturated heterocycles. The predicted molar refractivity (Wildman–Crippen MR) is 271 cm³/mol. The second kappa shape index (κ2) is 17.1. The van der Waals surface area contributed by atoms with Crippen molar-refractivity contribution in [1.82, 2.24) is 29.9 Å². The average molecular weight is 858 g/mol. The number of aromatic nitrogens is 6. The molecule has 7 nitrogen and oxygen atoms in total. The molecule has 1 N–H and O–H groups in total. The van der Waals surface area contributed by atoms with E-state index in [9.17, 15) is 0 Å². The molecule has 0 radical (unpaired) electrons. The molecule has 1 aliphatic rings. The normalized spacial score (nSPS) is 11.4. The predicted octanol–water partition coefficient (Wildman–Crippen LogP) is 14.8. The van der Waals surface area contributed by atoms with Crippen LogP contribution in [0.15, 0.2) is 231 Å². The van der Waals surface area contributed by atoms with Crippen LogP contribution in [0.3, 0.4) is 0 Å². The van der Waals surface area contributed by atoms with E-state index in [2.05, 4.69) is 115 Å². The third-order valence-electron chi connectivity index (χ3n) is 12.1. The summed E-state index contributed by atoms with van der Waals surface area (Å²) in [6, 6.07) is 79.2. The first-order chi connectivity index (χ1) is 33.2. The molecule has 314 valence electrons. The van der Waals surface area contributed by atoms with E-state index >= 15 is 0 Å². The molecule has 1 aliphatic heterocycles. The Balaban J connectivity index is 0.900. The van der Waals surface area contributed by atoms with Crippen LogP contribution < -0.4 is 5.32 Å². The molecule has 0 unspecified atom stereocenters. The van der Waals surface area contributed by atoms with Crippen LogP contribution in [-0.4, -0.2) is 29.9 Å². The van der Waals surface area contributed by atoms with Crippen molar-refractivity contribution in [3.63, 3.8) is 0 Å². The smallest absolute Gasteiger partial charge is 0.164 e. The Kier molecular flexibility index (Phi) is 10.0. The lowest BCUT2D eigenvalue weighted by molar-refractivity contribution is 1.07. The van der Waals surface area contributed by atoms with Gasteiger partial charge in [-0.05, 0) is 69.8 Å². The lowest BCUT2D eigenvalue weighted by Crippen LogP contribution is -2.00. The average Bonchev–Trinajstić information content (AvgIpc) is 3.55. The zero-order chi connectivity index (χ0) is 44.5. The fraction of sp³-hybridized carbons (Fsp3) is 0. The number of hydrogen-bond acceptors (Lipinski definition) is 7. The van der Waals surface area contributed by atoms with E-state index in [-0.39, 0.29) is 0 Å². The quantitative estimate of drug-likeness (QED) is 0.163. The molecule has 0 saturated carbocycles. The van der Waals surface area contributed by atoms with Crippen molar-refractivity contribution in [2.24, 2.45) is 0 Å². The van der Waals surface area contributed by atoms with Crippen LogP contribution in [0.25, 0.3) is 113 Å². The van der Waals surface area contributed by atoms with Crippen molar-refractivity contribution in [2.75, 3.05) is 5.32 Å². The molecule has 0 aliphatic carbocycles. The van der Waals surface area contributed by atoms with E-state index < -0.39 is 0 Å². The fourth-order valence-corrected chi connectivity index (χ4v) is 8.76. The Hall–Kier alpha value is -9.20. The van der Waals surface area contributed by atoms with Gasteiger partial charge in [-0.2, -0.15) is 0 Å². The Morgan fingerprint density at radius 3 is 0.806 bits per heavy atom. The highest BCUT2D eigenvalue weighted by Gasteiger charge is 2.21. The number of nitrogens with one attached hydrogen (secondary N) is 1. The van der Waals surface area contributed by atoms with E-state index in [4.69, 9.17) is 29.9 Å². The minimum absolute atomic E-state index is 0.621. The highest BCUT2D eigenvalue weighted by atomic mass is 15.0. The zero-order valence-corrected chi connectivity index (χ0v) is 36.1. The van der Waals surface area contributed by atoms with Crippen molar-refractivity contribution in [3.8, 4) is 113 Å². The van der Waals surface area contributed by atoms with Crippen LogP contribution in [-0.2, 0) is 0 Å². The van der Waals surface area contributed by atoms with Crippen molar-refractivity contribution >= 4 is 11.4 Å². The number of anilines is 2. The SMILES string of the molecule is c1ccc(-c2nc(-c3ccccc3)nc(-c3cccc(-c4ccc5c(c4)-c4ccccc4-c4cc(-c6cccc(-c7nc(-c8ccccc8)nc(-c8ccccc8)n7)c6)ccc4N5)c3)n2)cc1. The van der Waals surface area contributed by atoms with Gasteiger partial charge in [0, 0.05) is 55.9 Å². The summed E-state index contributed by atoms with van der Waals surface area (Å²) >= 11 is 0. The molecule has 0 amide bonds. The van der Waals surface area contributed by atoms with E-state index in [0.717, 1.165) is 89.3 Å². The van der Waals surface area contributed by atoms with Gasteiger partial charge >= 0.3 is 0 Å². The van der Waals surface area contributed by atoms with E-state index in [1.807, 2.05) is 121 Å². The fourth-order valence-electron chi connectivity index (χ4n) is 8.76. The second-order valence-corrected chi connectivity index (χ2v) is 16.4. The molecule has 0 spiro atoms. The Morgan fingerprint density at radius 2 is 0.463 bits per heavy atom. The number of benzene rings is 9. The van der Waals surface area contributed by atoms with E-state index in [1.54, 1.807) is 0 Å². The minimum Gasteiger partial charge on any atom is -0.355 e. The molecule has 67 heavy (non-hydrogen) atoms. The summed E-state index contributed by atoms with van der Waals surface area (Å²) in [5.74, 6) is 3.78. The summed E-state index contributed by atoms with van der Waals surface area (Å²) < 4.78 is 0. The van der Waals surface area contributed by atoms with Gasteiger partial charge in [-0.25, -0.2) is 29.9 Å². The van der Waals surface area contributed by atoms with Gasteiger partial charge in [0.15, 0.2) is 34.9 Å². The van der Waals surface area contributed by atoms with Crippen LogP contribution in [0.5, 0.6) is 0 Å². The molecule has 3 heterocycles. The van der Waals surface area contributed by atoms with Gasteiger partial charge < -0.3 is 5.32 Å². The maximum absolute atomic E-state index is 5.01. The van der Waals surface area contributed by atoms with Crippen molar-refractivity contribution in [2.45, 2.75) is 0 Å². The molecule has 0 atom stereocenters. The van der Waals surface area contributed by atoms with E-state index in [1.165, 1.54) is 0 Å². The highest BCUT2D eigenvalue weighted by Crippen LogP contribution is 2.47. The summed E-state index contributed by atoms with van der Waals surface area (Å²) in [7, 11) is 0. The molecular weight excluding hydrogens is 819 g/mol. The van der Waals surface area contributed by atoms with Crippen molar-refractivity contribution < 1.29 is 0 Å². The summed E-state index contributed by atoms with van der Waals surface area (Å²) in [4.78, 5) is 29.8. The van der Waals surface area contributed by atoms with Gasteiger partial charge in [-0.3, -0.25) is 0 Å². The highest BCUT2D eigenvalue weighted by molar-refractivity contribution is 6.01. The third-order valence-corrected chi connectivity index (χ3v) is 12.1. The molecule has 0 fully saturated rings. The number of rotatable bonds is 8. The lowest BCUT2D eigenvalue weighted by Gasteiger charge is -2.14. The molecule has 0 bridgehead atoms. The first-order valence-corrected chi connectivity index (χ1v) is 22.3.